The Bertz CT molecular complexity index is 708. The second kappa shape index (κ2) is 5.88. The maximum absolute atomic E-state index is 4.30. The highest BCUT2D eigenvalue weighted by atomic mass is 32.1. The van der Waals surface area contributed by atoms with E-state index in [0.717, 1.165) is 35.7 Å². The molecule has 0 saturated carbocycles. The third-order valence-corrected chi connectivity index (χ3v) is 3.73. The Labute approximate surface area is 121 Å². The molecule has 102 valence electrons. The lowest BCUT2D eigenvalue weighted by molar-refractivity contribution is 0.969. The van der Waals surface area contributed by atoms with Crippen LogP contribution in [0.2, 0.25) is 0 Å². The van der Waals surface area contributed by atoms with Crippen molar-refractivity contribution in [3.05, 3.63) is 42.0 Å². The summed E-state index contributed by atoms with van der Waals surface area (Å²) < 4.78 is 1.19. The summed E-state index contributed by atoms with van der Waals surface area (Å²) in [6.45, 7) is 3.07. The van der Waals surface area contributed by atoms with E-state index in [1.54, 1.807) is 11.3 Å². The molecule has 0 aliphatic rings. The van der Waals surface area contributed by atoms with E-state index in [1.165, 1.54) is 4.70 Å². The molecule has 0 atom stereocenters. The molecule has 0 aliphatic carbocycles. The molecule has 0 unspecified atom stereocenters. The minimum absolute atomic E-state index is 0.899. The van der Waals surface area contributed by atoms with E-state index in [4.69, 9.17) is 0 Å². The first-order valence-electron chi connectivity index (χ1n) is 6.65. The van der Waals surface area contributed by atoms with Gasteiger partial charge >= 0.3 is 0 Å². The Morgan fingerprint density at radius 2 is 2.00 bits per heavy atom. The van der Waals surface area contributed by atoms with Gasteiger partial charge in [0.05, 0.1) is 15.7 Å². The Balaban J connectivity index is 1.79. The number of hydrogen-bond acceptors (Lipinski definition) is 5. The van der Waals surface area contributed by atoms with E-state index in [9.17, 15) is 0 Å². The summed E-state index contributed by atoms with van der Waals surface area (Å²) in [4.78, 5) is 8.59. The molecule has 0 fully saturated rings. The van der Waals surface area contributed by atoms with E-state index >= 15 is 0 Å². The van der Waals surface area contributed by atoms with Crippen molar-refractivity contribution in [3.8, 4) is 0 Å². The van der Waals surface area contributed by atoms with Crippen LogP contribution in [0, 0.1) is 0 Å². The van der Waals surface area contributed by atoms with Gasteiger partial charge in [0.2, 0.25) is 0 Å². The highest BCUT2D eigenvalue weighted by molar-refractivity contribution is 7.16. The number of nitrogens with zero attached hydrogens (tertiary/aromatic N) is 2. The number of nitrogens with one attached hydrogen (secondary N) is 2. The highest BCUT2D eigenvalue weighted by Crippen LogP contribution is 2.24. The molecule has 1 aromatic carbocycles. The molecule has 0 aliphatic heterocycles. The number of benzene rings is 1. The minimum atomic E-state index is 0.899. The molecular formula is C15H16N4S. The van der Waals surface area contributed by atoms with Crippen molar-refractivity contribution >= 4 is 38.7 Å². The predicted molar refractivity (Wildman–Crippen MR) is 85.9 cm³/mol. The number of thiazole rings is 1. The number of fused-ring (bicyclic) bond motifs is 1. The van der Waals surface area contributed by atoms with Crippen molar-refractivity contribution in [2.45, 2.75) is 13.3 Å². The lowest BCUT2D eigenvalue weighted by atomic mass is 10.3. The van der Waals surface area contributed by atoms with E-state index in [0.29, 0.717) is 0 Å². The summed E-state index contributed by atoms with van der Waals surface area (Å²) in [5.41, 5.74) is 5.01. The molecule has 5 heteroatoms. The van der Waals surface area contributed by atoms with Gasteiger partial charge in [-0.25, -0.2) is 9.97 Å². The van der Waals surface area contributed by atoms with Gasteiger partial charge in [-0.2, -0.15) is 0 Å². The Morgan fingerprint density at radius 3 is 2.90 bits per heavy atom. The third-order valence-electron chi connectivity index (χ3n) is 2.94. The summed E-state index contributed by atoms with van der Waals surface area (Å²) in [6, 6.07) is 10.2. The van der Waals surface area contributed by atoms with E-state index in [2.05, 4.69) is 33.6 Å². The number of hydrogen-bond donors (Lipinski definition) is 2. The summed E-state index contributed by atoms with van der Waals surface area (Å²) in [6.07, 6.45) is 2.90. The molecule has 3 rings (SSSR count). The first-order valence-corrected chi connectivity index (χ1v) is 7.53. The van der Waals surface area contributed by atoms with Crippen LogP contribution in [-0.2, 0) is 0 Å². The van der Waals surface area contributed by atoms with Crippen LogP contribution in [0.25, 0.3) is 10.2 Å². The van der Waals surface area contributed by atoms with Crippen LogP contribution in [0.3, 0.4) is 0 Å². The zero-order valence-electron chi connectivity index (χ0n) is 11.3. The van der Waals surface area contributed by atoms with Crippen LogP contribution in [0.5, 0.6) is 0 Å². The van der Waals surface area contributed by atoms with Gasteiger partial charge in [0.1, 0.15) is 5.82 Å². The van der Waals surface area contributed by atoms with Crippen LogP contribution in [0.15, 0.2) is 42.0 Å². The quantitative estimate of drug-likeness (QED) is 0.735. The molecule has 2 heterocycles. The average molecular weight is 284 g/mol. The van der Waals surface area contributed by atoms with Gasteiger partial charge in [0.15, 0.2) is 0 Å². The number of rotatable bonds is 5. The summed E-state index contributed by atoms with van der Waals surface area (Å²) in [7, 11) is 0. The second-order valence-corrected chi connectivity index (χ2v) is 5.40. The van der Waals surface area contributed by atoms with Crippen molar-refractivity contribution in [1.29, 1.82) is 0 Å². The first kappa shape index (κ1) is 12.9. The Kier molecular flexibility index (Phi) is 3.78. The fourth-order valence-corrected chi connectivity index (χ4v) is 2.67. The van der Waals surface area contributed by atoms with Gasteiger partial charge in [-0.1, -0.05) is 6.92 Å². The standard InChI is InChI=1S/C15H16N4S/c1-2-6-16-15-9-12(5-7-17-15)19-11-3-4-13-14(8-11)20-10-18-13/h3-5,7-10H,2,6H2,1H3,(H2,16,17,19). The topological polar surface area (TPSA) is 49.8 Å². The number of anilines is 3. The van der Waals surface area contributed by atoms with Crippen molar-refractivity contribution in [2.75, 3.05) is 17.2 Å². The van der Waals surface area contributed by atoms with E-state index in [-0.39, 0.29) is 0 Å². The smallest absolute Gasteiger partial charge is 0.127 e. The van der Waals surface area contributed by atoms with Crippen molar-refractivity contribution in [2.24, 2.45) is 0 Å². The molecule has 2 aromatic heterocycles. The fourth-order valence-electron chi connectivity index (χ4n) is 1.96. The largest absolute Gasteiger partial charge is 0.370 e. The second-order valence-electron chi connectivity index (χ2n) is 4.52. The molecule has 2 N–H and O–H groups in total. The van der Waals surface area contributed by atoms with Crippen LogP contribution < -0.4 is 10.6 Å². The average Bonchev–Trinajstić information content (AvgIpc) is 2.93. The lowest BCUT2D eigenvalue weighted by Gasteiger charge is -2.09. The Morgan fingerprint density at radius 1 is 1.10 bits per heavy atom. The third kappa shape index (κ3) is 2.88. The van der Waals surface area contributed by atoms with Crippen molar-refractivity contribution in [3.63, 3.8) is 0 Å². The van der Waals surface area contributed by atoms with Gasteiger partial charge in [-0.15, -0.1) is 11.3 Å². The van der Waals surface area contributed by atoms with Crippen LogP contribution >= 0.6 is 11.3 Å². The van der Waals surface area contributed by atoms with Gasteiger partial charge in [-0.3, -0.25) is 0 Å². The molecule has 0 radical (unpaired) electrons. The normalized spacial score (nSPS) is 10.7. The molecule has 20 heavy (non-hydrogen) atoms. The first-order chi connectivity index (χ1) is 9.85. The highest BCUT2D eigenvalue weighted by Gasteiger charge is 2.01. The van der Waals surface area contributed by atoms with Crippen LogP contribution in [0.1, 0.15) is 13.3 Å². The minimum Gasteiger partial charge on any atom is -0.370 e. The summed E-state index contributed by atoms with van der Waals surface area (Å²) in [5.74, 6) is 0.899. The van der Waals surface area contributed by atoms with Gasteiger partial charge < -0.3 is 10.6 Å². The SMILES string of the molecule is CCCNc1cc(Nc2ccc3ncsc3c2)ccn1. The maximum Gasteiger partial charge on any atom is 0.127 e. The maximum atomic E-state index is 4.30. The summed E-state index contributed by atoms with van der Waals surface area (Å²) >= 11 is 1.65. The molecule has 0 bridgehead atoms. The molecular weight excluding hydrogens is 268 g/mol. The Hall–Kier alpha value is -2.14. The predicted octanol–water partition coefficient (Wildman–Crippen LogP) is 4.26. The molecule has 3 aromatic rings. The fraction of sp³-hybridized carbons (Fsp3) is 0.200. The number of pyridine rings is 1. The molecule has 0 saturated heterocycles. The van der Waals surface area contributed by atoms with E-state index in [1.807, 2.05) is 36.0 Å². The van der Waals surface area contributed by atoms with E-state index < -0.39 is 0 Å². The zero-order valence-corrected chi connectivity index (χ0v) is 12.1. The number of aromatic nitrogens is 2. The molecule has 4 nitrogen and oxygen atoms in total. The summed E-state index contributed by atoms with van der Waals surface area (Å²) in [5, 5.41) is 6.69. The van der Waals surface area contributed by atoms with Gasteiger partial charge in [0.25, 0.3) is 0 Å². The molecule has 0 spiro atoms. The van der Waals surface area contributed by atoms with Crippen LogP contribution in [-0.4, -0.2) is 16.5 Å². The van der Waals surface area contributed by atoms with Gasteiger partial charge in [0, 0.05) is 30.2 Å². The van der Waals surface area contributed by atoms with Gasteiger partial charge in [-0.05, 0) is 30.7 Å². The zero-order chi connectivity index (χ0) is 13.8. The van der Waals surface area contributed by atoms with Crippen LogP contribution in [0.4, 0.5) is 17.2 Å². The lowest BCUT2D eigenvalue weighted by Crippen LogP contribution is -2.02. The molecule has 0 amide bonds. The monoisotopic (exact) mass is 284 g/mol. The van der Waals surface area contributed by atoms with Crippen molar-refractivity contribution in [1.82, 2.24) is 9.97 Å². The van der Waals surface area contributed by atoms with Crippen molar-refractivity contribution < 1.29 is 0 Å².